The van der Waals surface area contributed by atoms with Crippen LogP contribution in [0.2, 0.25) is 0 Å². The van der Waals surface area contributed by atoms with Crippen molar-refractivity contribution in [1.29, 1.82) is 0 Å². The van der Waals surface area contributed by atoms with Crippen molar-refractivity contribution in [2.45, 2.75) is 19.1 Å². The lowest BCUT2D eigenvalue weighted by atomic mass is 10.0. The van der Waals surface area contributed by atoms with E-state index in [1.807, 2.05) is 24.3 Å². The zero-order valence-electron chi connectivity index (χ0n) is 11.9. The molecule has 2 rings (SSSR count). The van der Waals surface area contributed by atoms with Gasteiger partial charge in [-0.2, -0.15) is 0 Å². The third kappa shape index (κ3) is 4.27. The summed E-state index contributed by atoms with van der Waals surface area (Å²) in [7, 11) is 1.34. The summed E-state index contributed by atoms with van der Waals surface area (Å²) in [4.78, 5) is 24.5. The fourth-order valence-corrected chi connectivity index (χ4v) is 2.41. The number of carboxylic acids is 1. The fraction of sp³-hybridized carbons (Fsp3) is 0.467. The Labute approximate surface area is 123 Å². The Hall–Kier alpha value is -1.92. The molecule has 1 heterocycles. The van der Waals surface area contributed by atoms with Crippen molar-refractivity contribution in [2.75, 3.05) is 26.8 Å². The number of rotatable bonds is 5. The summed E-state index contributed by atoms with van der Waals surface area (Å²) in [6.07, 6.45) is -0.573. The van der Waals surface area contributed by atoms with Crippen LogP contribution in [-0.4, -0.2) is 54.9 Å². The van der Waals surface area contributed by atoms with Gasteiger partial charge in [0.1, 0.15) is 0 Å². The third-order valence-corrected chi connectivity index (χ3v) is 3.47. The van der Waals surface area contributed by atoms with Crippen LogP contribution < -0.4 is 0 Å². The Kier molecular flexibility index (Phi) is 5.30. The Morgan fingerprint density at radius 2 is 2.10 bits per heavy atom. The molecular weight excluding hydrogens is 274 g/mol. The average molecular weight is 293 g/mol. The number of hydrogen-bond donors (Lipinski definition) is 1. The van der Waals surface area contributed by atoms with Gasteiger partial charge in [-0.05, 0) is 11.1 Å². The first kappa shape index (κ1) is 15.5. The molecule has 0 saturated carbocycles. The molecule has 6 heteroatoms. The quantitative estimate of drug-likeness (QED) is 0.805. The van der Waals surface area contributed by atoms with E-state index >= 15 is 0 Å². The summed E-state index contributed by atoms with van der Waals surface area (Å²) in [5.41, 5.74) is 1.76. The Morgan fingerprint density at radius 3 is 2.76 bits per heavy atom. The van der Waals surface area contributed by atoms with Crippen molar-refractivity contribution in [3.8, 4) is 0 Å². The molecule has 0 radical (unpaired) electrons. The van der Waals surface area contributed by atoms with Gasteiger partial charge in [-0.3, -0.25) is 9.69 Å². The van der Waals surface area contributed by atoms with Gasteiger partial charge in [0.15, 0.2) is 6.10 Å². The van der Waals surface area contributed by atoms with Crippen molar-refractivity contribution in [1.82, 2.24) is 4.90 Å². The first-order valence-corrected chi connectivity index (χ1v) is 6.80. The summed E-state index contributed by atoms with van der Waals surface area (Å²) in [5, 5.41) is 8.95. The van der Waals surface area contributed by atoms with Crippen molar-refractivity contribution < 1.29 is 24.2 Å². The smallest absolute Gasteiger partial charge is 0.336 e. The molecule has 1 saturated heterocycles. The summed E-state index contributed by atoms with van der Waals surface area (Å²) in [5.74, 6) is -1.23. The molecule has 0 amide bonds. The highest BCUT2D eigenvalue weighted by Gasteiger charge is 2.27. The monoisotopic (exact) mass is 293 g/mol. The van der Waals surface area contributed by atoms with E-state index in [0.717, 1.165) is 11.1 Å². The summed E-state index contributed by atoms with van der Waals surface area (Å²) in [6.45, 7) is 2.21. The van der Waals surface area contributed by atoms with Crippen LogP contribution in [-0.2, 0) is 32.0 Å². The van der Waals surface area contributed by atoms with E-state index < -0.39 is 12.1 Å². The van der Waals surface area contributed by atoms with Gasteiger partial charge >= 0.3 is 11.9 Å². The number of nitrogens with zero attached hydrogens (tertiary/aromatic N) is 1. The van der Waals surface area contributed by atoms with E-state index in [-0.39, 0.29) is 12.4 Å². The topological polar surface area (TPSA) is 76.1 Å². The van der Waals surface area contributed by atoms with Gasteiger partial charge in [0.05, 0.1) is 20.1 Å². The standard InChI is InChI=1S/C15H19NO5/c1-20-15(19)13-10-16(6-7-21-13)9-12-5-3-2-4-11(12)8-14(17)18/h2-5,13H,6-10H2,1H3,(H,17,18). The van der Waals surface area contributed by atoms with Crippen molar-refractivity contribution in [3.63, 3.8) is 0 Å². The van der Waals surface area contributed by atoms with Crippen LogP contribution >= 0.6 is 0 Å². The maximum Gasteiger partial charge on any atom is 0.336 e. The maximum atomic E-state index is 11.5. The molecule has 114 valence electrons. The highest BCUT2D eigenvalue weighted by atomic mass is 16.6. The first-order valence-electron chi connectivity index (χ1n) is 6.80. The molecule has 1 fully saturated rings. The number of morpholine rings is 1. The zero-order chi connectivity index (χ0) is 15.2. The van der Waals surface area contributed by atoms with Crippen LogP contribution in [0.15, 0.2) is 24.3 Å². The molecule has 6 nitrogen and oxygen atoms in total. The number of aliphatic carboxylic acids is 1. The largest absolute Gasteiger partial charge is 0.481 e. The number of methoxy groups -OCH3 is 1. The number of ether oxygens (including phenoxy) is 2. The molecule has 1 aliphatic heterocycles. The molecule has 1 N–H and O–H groups in total. The van der Waals surface area contributed by atoms with Crippen LogP contribution in [0.4, 0.5) is 0 Å². The SMILES string of the molecule is COC(=O)C1CN(Cc2ccccc2CC(=O)O)CCO1. The minimum atomic E-state index is -0.850. The minimum absolute atomic E-state index is 0.000936. The van der Waals surface area contributed by atoms with Crippen LogP contribution in [0.1, 0.15) is 11.1 Å². The second kappa shape index (κ2) is 7.19. The van der Waals surface area contributed by atoms with Crippen LogP contribution in [0.5, 0.6) is 0 Å². The summed E-state index contributed by atoms with van der Waals surface area (Å²) < 4.78 is 10.1. The third-order valence-electron chi connectivity index (χ3n) is 3.47. The van der Waals surface area contributed by atoms with Gasteiger partial charge in [-0.15, -0.1) is 0 Å². The number of hydrogen-bond acceptors (Lipinski definition) is 5. The first-order chi connectivity index (χ1) is 10.1. The molecule has 1 aromatic carbocycles. The molecule has 1 unspecified atom stereocenters. The van der Waals surface area contributed by atoms with Gasteiger partial charge in [-0.25, -0.2) is 4.79 Å². The Bertz CT molecular complexity index is 517. The Balaban J connectivity index is 2.04. The van der Waals surface area contributed by atoms with Gasteiger partial charge in [-0.1, -0.05) is 24.3 Å². The predicted molar refractivity (Wildman–Crippen MR) is 74.8 cm³/mol. The van der Waals surface area contributed by atoms with E-state index in [1.54, 1.807) is 0 Å². The molecule has 0 bridgehead atoms. The van der Waals surface area contributed by atoms with Crippen molar-refractivity contribution in [3.05, 3.63) is 35.4 Å². The highest BCUT2D eigenvalue weighted by molar-refractivity contribution is 5.75. The molecule has 1 aliphatic rings. The lowest BCUT2D eigenvalue weighted by Gasteiger charge is -2.31. The molecule has 0 spiro atoms. The van der Waals surface area contributed by atoms with E-state index in [4.69, 9.17) is 14.6 Å². The second-order valence-corrected chi connectivity index (χ2v) is 4.96. The highest BCUT2D eigenvalue weighted by Crippen LogP contribution is 2.15. The van der Waals surface area contributed by atoms with Crippen molar-refractivity contribution in [2.24, 2.45) is 0 Å². The molecule has 21 heavy (non-hydrogen) atoms. The van der Waals surface area contributed by atoms with E-state index in [0.29, 0.717) is 26.2 Å². The molecule has 1 atom stereocenters. The van der Waals surface area contributed by atoms with Crippen molar-refractivity contribution >= 4 is 11.9 Å². The number of carbonyl (C=O) groups excluding carboxylic acids is 1. The van der Waals surface area contributed by atoms with Crippen LogP contribution in [0.3, 0.4) is 0 Å². The predicted octanol–water partition coefficient (Wildman–Crippen LogP) is 0.687. The van der Waals surface area contributed by atoms with Crippen LogP contribution in [0, 0.1) is 0 Å². The summed E-state index contributed by atoms with van der Waals surface area (Å²) in [6, 6.07) is 7.46. The Morgan fingerprint density at radius 1 is 1.38 bits per heavy atom. The van der Waals surface area contributed by atoms with E-state index in [2.05, 4.69) is 4.90 Å². The number of benzene rings is 1. The lowest BCUT2D eigenvalue weighted by molar-refractivity contribution is -0.160. The molecule has 0 aromatic heterocycles. The lowest BCUT2D eigenvalue weighted by Crippen LogP contribution is -2.46. The van der Waals surface area contributed by atoms with Gasteiger partial charge in [0.2, 0.25) is 0 Å². The molecule has 0 aliphatic carbocycles. The summed E-state index contributed by atoms with van der Waals surface area (Å²) >= 11 is 0. The van der Waals surface area contributed by atoms with Gasteiger partial charge in [0, 0.05) is 19.6 Å². The van der Waals surface area contributed by atoms with E-state index in [1.165, 1.54) is 7.11 Å². The van der Waals surface area contributed by atoms with Gasteiger partial charge in [0.25, 0.3) is 0 Å². The maximum absolute atomic E-state index is 11.5. The number of carbonyl (C=O) groups is 2. The average Bonchev–Trinajstić information content (AvgIpc) is 2.48. The zero-order valence-corrected chi connectivity index (χ0v) is 11.9. The van der Waals surface area contributed by atoms with Crippen LogP contribution in [0.25, 0.3) is 0 Å². The molecular formula is C15H19NO5. The van der Waals surface area contributed by atoms with Gasteiger partial charge < -0.3 is 14.6 Å². The molecule has 1 aromatic rings. The fourth-order valence-electron chi connectivity index (χ4n) is 2.41. The normalized spacial score (nSPS) is 19.2. The minimum Gasteiger partial charge on any atom is -0.481 e. The second-order valence-electron chi connectivity index (χ2n) is 4.96. The van der Waals surface area contributed by atoms with E-state index in [9.17, 15) is 9.59 Å². The number of esters is 1. The number of carboxylic acid groups (broad SMARTS) is 1.